The normalized spacial score (nSPS) is 15.1. The van der Waals surface area contributed by atoms with Gasteiger partial charge in [-0.3, -0.25) is 9.69 Å². The second kappa shape index (κ2) is 11.5. The minimum Gasteiger partial charge on any atom is -0.399 e. The van der Waals surface area contributed by atoms with E-state index in [2.05, 4.69) is 10.2 Å². The monoisotopic (exact) mass is 445 g/mol. The van der Waals surface area contributed by atoms with Crippen LogP contribution in [0.15, 0.2) is 42.5 Å². The number of nitrogen functional groups attached to an aromatic ring is 1. The fourth-order valence-electron chi connectivity index (χ4n) is 3.24. The molecule has 1 aliphatic rings. The molecule has 1 amide bonds. The predicted molar refractivity (Wildman–Crippen MR) is 119 cm³/mol. The van der Waals surface area contributed by atoms with Crippen molar-refractivity contribution < 1.29 is 9.53 Å². The molecule has 3 N–H and O–H groups in total. The Hall–Kier alpha value is -1.50. The molecule has 1 saturated heterocycles. The summed E-state index contributed by atoms with van der Waals surface area (Å²) in [5, 5.41) is 3.76. The Bertz CT molecular complexity index is 783. The third-order valence-corrected chi connectivity index (χ3v) is 5.06. The van der Waals surface area contributed by atoms with E-state index in [9.17, 15) is 4.79 Å². The lowest BCUT2D eigenvalue weighted by Crippen LogP contribution is -2.44. The lowest BCUT2D eigenvalue weighted by atomic mass is 10.0. The van der Waals surface area contributed by atoms with Crippen LogP contribution in [0.4, 0.5) is 5.69 Å². The predicted octanol–water partition coefficient (Wildman–Crippen LogP) is 3.88. The fraction of sp³-hybridized carbons (Fsp3) is 0.350. The van der Waals surface area contributed by atoms with Crippen molar-refractivity contribution in [3.8, 4) is 0 Å². The number of aryl methyl sites for hydroxylation is 1. The number of morpholine rings is 1. The Kier molecular flexibility index (Phi) is 10.1. The van der Waals surface area contributed by atoms with Crippen molar-refractivity contribution in [2.24, 2.45) is 0 Å². The van der Waals surface area contributed by atoms with Crippen molar-refractivity contribution in [2.75, 3.05) is 38.6 Å². The number of nitrogens with zero attached hydrogens (tertiary/aromatic N) is 1. The highest BCUT2D eigenvalue weighted by molar-refractivity contribution is 6.31. The smallest absolute Gasteiger partial charge is 0.251 e. The summed E-state index contributed by atoms with van der Waals surface area (Å²) in [6.45, 7) is 5.36. The molecule has 2 aromatic carbocycles. The number of benzene rings is 2. The largest absolute Gasteiger partial charge is 0.399 e. The van der Waals surface area contributed by atoms with Gasteiger partial charge in [0.15, 0.2) is 0 Å². The van der Waals surface area contributed by atoms with E-state index in [4.69, 9.17) is 22.1 Å². The van der Waals surface area contributed by atoms with Gasteiger partial charge in [-0.2, -0.15) is 0 Å². The van der Waals surface area contributed by atoms with Crippen molar-refractivity contribution >= 4 is 48.0 Å². The number of amides is 1. The van der Waals surface area contributed by atoms with Crippen LogP contribution in [-0.2, 0) is 4.74 Å². The quantitative estimate of drug-likeness (QED) is 0.684. The van der Waals surface area contributed by atoms with Crippen molar-refractivity contribution in [3.63, 3.8) is 0 Å². The second-order valence-corrected chi connectivity index (χ2v) is 6.88. The van der Waals surface area contributed by atoms with Crippen LogP contribution in [0.5, 0.6) is 0 Å². The number of hydrogen-bond donors (Lipinski definition) is 2. The standard InChI is InChI=1S/C20H24ClN3O2.2ClH/c1-14-6-7-15(22)12-17(14)20(25)23-13-19(24-8-10-26-11-9-24)16-4-2-3-5-18(16)21;;/h2-7,12,19H,8-11,13,22H2,1H3,(H,23,25);2*1H. The van der Waals surface area contributed by atoms with Crippen LogP contribution in [0.2, 0.25) is 5.02 Å². The lowest BCUT2D eigenvalue weighted by Gasteiger charge is -2.35. The van der Waals surface area contributed by atoms with Gasteiger partial charge in [-0.15, -0.1) is 24.8 Å². The molecule has 0 spiro atoms. The highest BCUT2D eigenvalue weighted by Gasteiger charge is 2.25. The Balaban J connectivity index is 0.00000196. The molecule has 5 nitrogen and oxygen atoms in total. The average Bonchev–Trinajstić information content (AvgIpc) is 2.66. The highest BCUT2D eigenvalue weighted by Crippen LogP contribution is 2.28. The number of carbonyl (C=O) groups is 1. The minimum absolute atomic E-state index is 0. The third kappa shape index (κ3) is 6.00. The molecule has 1 heterocycles. The number of halogens is 3. The van der Waals surface area contributed by atoms with Gasteiger partial charge in [-0.05, 0) is 36.2 Å². The van der Waals surface area contributed by atoms with E-state index in [1.54, 1.807) is 12.1 Å². The lowest BCUT2D eigenvalue weighted by molar-refractivity contribution is 0.0162. The Morgan fingerprint density at radius 2 is 1.89 bits per heavy atom. The molecule has 1 unspecified atom stereocenters. The highest BCUT2D eigenvalue weighted by atomic mass is 35.5. The molecule has 154 valence electrons. The summed E-state index contributed by atoms with van der Waals surface area (Å²) in [6, 6.07) is 13.1. The van der Waals surface area contributed by atoms with Gasteiger partial charge < -0.3 is 15.8 Å². The molecule has 1 aliphatic heterocycles. The zero-order valence-corrected chi connectivity index (χ0v) is 18.1. The van der Waals surface area contributed by atoms with Crippen LogP contribution in [0.1, 0.15) is 27.5 Å². The molecule has 28 heavy (non-hydrogen) atoms. The van der Waals surface area contributed by atoms with Gasteiger partial charge in [0, 0.05) is 35.9 Å². The van der Waals surface area contributed by atoms with Gasteiger partial charge >= 0.3 is 0 Å². The fourth-order valence-corrected chi connectivity index (χ4v) is 3.50. The first-order valence-electron chi connectivity index (χ1n) is 8.77. The Morgan fingerprint density at radius 3 is 2.57 bits per heavy atom. The number of hydrogen-bond acceptors (Lipinski definition) is 4. The first kappa shape index (κ1) is 24.5. The Morgan fingerprint density at radius 1 is 1.21 bits per heavy atom. The minimum atomic E-state index is -0.125. The van der Waals surface area contributed by atoms with Gasteiger partial charge in [-0.1, -0.05) is 35.9 Å². The molecule has 1 fully saturated rings. The number of nitrogens with two attached hydrogens (primary N) is 1. The van der Waals surface area contributed by atoms with E-state index in [1.807, 2.05) is 37.3 Å². The molecule has 0 bridgehead atoms. The van der Waals surface area contributed by atoms with Crippen LogP contribution >= 0.6 is 36.4 Å². The van der Waals surface area contributed by atoms with Crippen LogP contribution in [-0.4, -0.2) is 43.7 Å². The summed E-state index contributed by atoms with van der Waals surface area (Å²) in [6.07, 6.45) is 0. The van der Waals surface area contributed by atoms with Crippen molar-refractivity contribution in [2.45, 2.75) is 13.0 Å². The number of ether oxygens (including phenoxy) is 1. The summed E-state index contributed by atoms with van der Waals surface area (Å²) < 4.78 is 5.46. The molecule has 0 aromatic heterocycles. The maximum absolute atomic E-state index is 12.7. The molecular weight excluding hydrogens is 421 g/mol. The summed E-state index contributed by atoms with van der Waals surface area (Å²) >= 11 is 6.43. The topological polar surface area (TPSA) is 67.6 Å². The first-order chi connectivity index (χ1) is 12.6. The van der Waals surface area contributed by atoms with E-state index < -0.39 is 0 Å². The number of carbonyl (C=O) groups excluding carboxylic acids is 1. The summed E-state index contributed by atoms with van der Waals surface area (Å²) in [5.74, 6) is -0.125. The molecule has 8 heteroatoms. The maximum atomic E-state index is 12.7. The second-order valence-electron chi connectivity index (χ2n) is 6.47. The Labute approximate surface area is 183 Å². The average molecular weight is 447 g/mol. The van der Waals surface area contributed by atoms with Crippen LogP contribution in [0, 0.1) is 6.92 Å². The van der Waals surface area contributed by atoms with E-state index in [1.165, 1.54) is 0 Å². The molecule has 0 radical (unpaired) electrons. The van der Waals surface area contributed by atoms with Gasteiger partial charge in [0.1, 0.15) is 0 Å². The van der Waals surface area contributed by atoms with Gasteiger partial charge in [0.05, 0.1) is 19.3 Å². The van der Waals surface area contributed by atoms with E-state index in [0.717, 1.165) is 24.2 Å². The van der Waals surface area contributed by atoms with Crippen molar-refractivity contribution in [3.05, 3.63) is 64.2 Å². The molecule has 0 saturated carbocycles. The van der Waals surface area contributed by atoms with Crippen molar-refractivity contribution in [1.82, 2.24) is 10.2 Å². The third-order valence-electron chi connectivity index (χ3n) is 4.71. The zero-order valence-electron chi connectivity index (χ0n) is 15.7. The van der Waals surface area contributed by atoms with Crippen LogP contribution < -0.4 is 11.1 Å². The zero-order chi connectivity index (χ0) is 18.5. The maximum Gasteiger partial charge on any atom is 0.251 e. The molecule has 2 aromatic rings. The number of nitrogens with one attached hydrogen (secondary N) is 1. The van der Waals surface area contributed by atoms with Gasteiger partial charge in [0.25, 0.3) is 5.91 Å². The van der Waals surface area contributed by atoms with E-state index in [0.29, 0.717) is 36.0 Å². The van der Waals surface area contributed by atoms with Gasteiger partial charge in [0.2, 0.25) is 0 Å². The van der Waals surface area contributed by atoms with Gasteiger partial charge in [-0.25, -0.2) is 0 Å². The molecular formula is C20H26Cl3N3O2. The summed E-state index contributed by atoms with van der Waals surface area (Å²) in [7, 11) is 0. The van der Waals surface area contributed by atoms with E-state index >= 15 is 0 Å². The van der Waals surface area contributed by atoms with E-state index in [-0.39, 0.29) is 36.8 Å². The summed E-state index contributed by atoms with van der Waals surface area (Å²) in [5.41, 5.74) is 8.93. The van der Waals surface area contributed by atoms with Crippen LogP contribution in [0.25, 0.3) is 0 Å². The molecule has 1 atom stereocenters. The number of anilines is 1. The number of rotatable bonds is 5. The molecule has 3 rings (SSSR count). The van der Waals surface area contributed by atoms with Crippen LogP contribution in [0.3, 0.4) is 0 Å². The van der Waals surface area contributed by atoms with Crippen molar-refractivity contribution in [1.29, 1.82) is 0 Å². The molecule has 0 aliphatic carbocycles. The SMILES string of the molecule is Cc1ccc(N)cc1C(=O)NCC(c1ccccc1Cl)N1CCOCC1.Cl.Cl. The first-order valence-corrected chi connectivity index (χ1v) is 9.14. The summed E-state index contributed by atoms with van der Waals surface area (Å²) in [4.78, 5) is 15.0.